The van der Waals surface area contributed by atoms with E-state index in [0.717, 1.165) is 59.1 Å². The molecule has 2 aliphatic heterocycles. The van der Waals surface area contributed by atoms with Crippen molar-refractivity contribution < 1.29 is 23.8 Å². The number of carbonyl (C=O) groups is 2. The summed E-state index contributed by atoms with van der Waals surface area (Å²) in [6, 6.07) is 14.1. The van der Waals surface area contributed by atoms with Crippen LogP contribution in [-0.4, -0.2) is 66.2 Å². The largest absolute Gasteiger partial charge is 0.481 e. The Morgan fingerprint density at radius 2 is 1.46 bits per heavy atom. The number of hydrogen-bond acceptors (Lipinski definition) is 10. The van der Waals surface area contributed by atoms with E-state index in [9.17, 15) is 9.59 Å². The van der Waals surface area contributed by atoms with Crippen LogP contribution in [0.2, 0.25) is 10.0 Å². The number of carbonyl (C=O) groups excluding carboxylic acids is 2. The lowest BCUT2D eigenvalue weighted by Crippen LogP contribution is -2.35. The molecular weight excluding hydrogens is 705 g/mol. The molecule has 0 spiro atoms. The van der Waals surface area contributed by atoms with Crippen LogP contribution >= 0.6 is 23.2 Å². The molecule has 4 N–H and O–H groups in total. The van der Waals surface area contributed by atoms with Gasteiger partial charge in [0, 0.05) is 67.8 Å². The minimum Gasteiger partial charge on any atom is -0.481 e. The van der Waals surface area contributed by atoms with Gasteiger partial charge in [-0.1, -0.05) is 59.6 Å². The molecule has 0 radical (unpaired) electrons. The molecule has 4 heterocycles. The zero-order valence-electron chi connectivity index (χ0n) is 29.1. The van der Waals surface area contributed by atoms with Crippen LogP contribution in [0.4, 0.5) is 0 Å². The molecule has 0 unspecified atom stereocenters. The maximum atomic E-state index is 11.5. The van der Waals surface area contributed by atoms with Crippen LogP contribution in [-0.2, 0) is 29.1 Å². The van der Waals surface area contributed by atoms with E-state index in [1.165, 1.54) is 0 Å². The fourth-order valence-electron chi connectivity index (χ4n) is 7.16. The van der Waals surface area contributed by atoms with Crippen molar-refractivity contribution in [2.24, 2.45) is 0 Å². The van der Waals surface area contributed by atoms with Crippen molar-refractivity contribution in [3.8, 4) is 40.0 Å². The lowest BCUT2D eigenvalue weighted by molar-refractivity contribution is -0.120. The summed E-state index contributed by atoms with van der Waals surface area (Å²) in [7, 11) is 3.15. The second-order valence-electron chi connectivity index (χ2n) is 13.2. The molecule has 3 aliphatic rings. The van der Waals surface area contributed by atoms with Crippen molar-refractivity contribution in [3.63, 3.8) is 0 Å². The smallest absolute Gasteiger partial charge is 0.237 e. The number of hydrogen-bond donors (Lipinski definition) is 4. The first-order valence-electron chi connectivity index (χ1n) is 17.5. The highest BCUT2D eigenvalue weighted by atomic mass is 35.5. The molecule has 272 valence electrons. The molecule has 1 aliphatic carbocycles. The highest BCUT2D eigenvalue weighted by molar-refractivity contribution is 6.36. The Labute approximate surface area is 312 Å². The SMILES string of the molecule is COc1nc(O[C@H]2CCc3c(-c4cccc(-c5cnc(CNC[C@@H]6CCC(=O)N6)c(OC)n5)c4Cl)cccc32)c(Cl)cc1CNC[C@@H]1CCC(=O)N1. The molecule has 14 heteroatoms. The number of halogens is 2. The van der Waals surface area contributed by atoms with Crippen molar-refractivity contribution in [3.05, 3.63) is 81.1 Å². The summed E-state index contributed by atoms with van der Waals surface area (Å²) in [5.41, 5.74) is 6.92. The van der Waals surface area contributed by atoms with E-state index in [-0.39, 0.29) is 30.0 Å². The van der Waals surface area contributed by atoms with E-state index in [1.807, 2.05) is 30.3 Å². The van der Waals surface area contributed by atoms with Crippen molar-refractivity contribution in [2.45, 2.75) is 69.8 Å². The number of nitrogens with zero attached hydrogens (tertiary/aromatic N) is 3. The Morgan fingerprint density at radius 3 is 2.15 bits per heavy atom. The van der Waals surface area contributed by atoms with Gasteiger partial charge in [0.2, 0.25) is 29.5 Å². The summed E-state index contributed by atoms with van der Waals surface area (Å²) in [6.45, 7) is 2.23. The lowest BCUT2D eigenvalue weighted by atomic mass is 9.95. The Balaban J connectivity index is 1.06. The van der Waals surface area contributed by atoms with Gasteiger partial charge in [0.15, 0.2) is 0 Å². The first kappa shape index (κ1) is 35.9. The van der Waals surface area contributed by atoms with Crippen LogP contribution < -0.4 is 35.5 Å². The van der Waals surface area contributed by atoms with E-state index in [2.05, 4.69) is 43.4 Å². The molecule has 7 rings (SSSR count). The minimum atomic E-state index is -0.261. The molecule has 2 saturated heterocycles. The van der Waals surface area contributed by atoms with Crippen LogP contribution in [0.25, 0.3) is 22.4 Å². The van der Waals surface area contributed by atoms with Gasteiger partial charge in [-0.15, -0.1) is 0 Å². The zero-order valence-corrected chi connectivity index (χ0v) is 30.6. The number of ether oxygens (including phenoxy) is 3. The second-order valence-corrected chi connectivity index (χ2v) is 14.0. The number of nitrogens with one attached hydrogen (secondary N) is 4. The molecule has 2 amide bonds. The van der Waals surface area contributed by atoms with Crippen molar-refractivity contribution in [1.29, 1.82) is 0 Å². The minimum absolute atomic E-state index is 0.0867. The molecule has 4 aromatic rings. The number of pyridine rings is 1. The van der Waals surface area contributed by atoms with E-state index in [4.69, 9.17) is 42.4 Å². The van der Waals surface area contributed by atoms with Gasteiger partial charge in [0.05, 0.1) is 31.1 Å². The predicted octanol–water partition coefficient (Wildman–Crippen LogP) is 5.33. The molecule has 0 saturated carbocycles. The first-order chi connectivity index (χ1) is 25.3. The van der Waals surface area contributed by atoms with Gasteiger partial charge in [0.1, 0.15) is 16.8 Å². The Morgan fingerprint density at radius 1 is 0.788 bits per heavy atom. The van der Waals surface area contributed by atoms with Crippen LogP contribution in [0.15, 0.2) is 48.7 Å². The van der Waals surface area contributed by atoms with E-state index >= 15 is 0 Å². The average Bonchev–Trinajstić information content (AvgIpc) is 3.89. The Hall–Kier alpha value is -4.49. The van der Waals surface area contributed by atoms with Gasteiger partial charge in [-0.25, -0.2) is 4.98 Å². The first-order valence-corrected chi connectivity index (χ1v) is 18.3. The standard InChI is InChI=1S/C38H41Cl2N7O5/c1-50-36-21(16-41-17-22-9-13-33(48)44-22)15-29(39)37(47-36)52-32-12-11-25-24(5-3-6-26(25)32)27-7-4-8-28(35(27)40)30-20-43-31(38(46-30)51-2)19-42-18-23-10-14-34(49)45-23/h3-8,15,20,22-23,32,41-42H,9-14,16-19H2,1-2H3,(H,44,48)(H,45,49)/t22-,23-,32-/m0/s1. The fourth-order valence-corrected chi connectivity index (χ4v) is 7.70. The molecule has 0 bridgehead atoms. The summed E-state index contributed by atoms with van der Waals surface area (Å²) in [4.78, 5) is 37.1. The average molecular weight is 747 g/mol. The Bertz CT molecular complexity index is 1980. The highest BCUT2D eigenvalue weighted by Gasteiger charge is 2.29. The van der Waals surface area contributed by atoms with Crippen LogP contribution in [0.3, 0.4) is 0 Å². The zero-order chi connectivity index (χ0) is 36.2. The number of rotatable bonds is 14. The van der Waals surface area contributed by atoms with Crippen LogP contribution in [0.5, 0.6) is 17.6 Å². The maximum Gasteiger partial charge on any atom is 0.237 e. The predicted molar refractivity (Wildman–Crippen MR) is 198 cm³/mol. The molecule has 2 aromatic heterocycles. The third-order valence-corrected chi connectivity index (χ3v) is 10.5. The lowest BCUT2D eigenvalue weighted by Gasteiger charge is -2.18. The fraction of sp³-hybridized carbons (Fsp3) is 0.395. The molecule has 52 heavy (non-hydrogen) atoms. The summed E-state index contributed by atoms with van der Waals surface area (Å²) < 4.78 is 17.7. The van der Waals surface area contributed by atoms with E-state index in [1.54, 1.807) is 20.4 Å². The van der Waals surface area contributed by atoms with E-state index < -0.39 is 0 Å². The summed E-state index contributed by atoms with van der Waals surface area (Å²) in [5.74, 6) is 1.33. The van der Waals surface area contributed by atoms with Crippen molar-refractivity contribution >= 4 is 35.0 Å². The normalized spacial score (nSPS) is 19.3. The summed E-state index contributed by atoms with van der Waals surface area (Å²) in [6.07, 6.45) is 5.73. The van der Waals surface area contributed by atoms with Gasteiger partial charge >= 0.3 is 0 Å². The topological polar surface area (TPSA) is 149 Å². The number of amides is 2. The van der Waals surface area contributed by atoms with Crippen molar-refractivity contribution in [2.75, 3.05) is 27.3 Å². The Kier molecular flexibility index (Phi) is 11.1. The van der Waals surface area contributed by atoms with Gasteiger partial charge in [0.25, 0.3) is 0 Å². The van der Waals surface area contributed by atoms with Gasteiger partial charge in [-0.2, -0.15) is 4.98 Å². The summed E-state index contributed by atoms with van der Waals surface area (Å²) >= 11 is 13.9. The number of fused-ring (bicyclic) bond motifs is 1. The summed E-state index contributed by atoms with van der Waals surface area (Å²) in [5, 5.41) is 13.6. The number of methoxy groups -OCH3 is 2. The third kappa shape index (κ3) is 7.80. The molecule has 3 atom stereocenters. The van der Waals surface area contributed by atoms with Crippen LogP contribution in [0, 0.1) is 0 Å². The third-order valence-electron chi connectivity index (χ3n) is 9.78. The highest BCUT2D eigenvalue weighted by Crippen LogP contribution is 2.44. The van der Waals surface area contributed by atoms with Gasteiger partial charge in [-0.3, -0.25) is 14.6 Å². The molecular formula is C38H41Cl2N7O5. The van der Waals surface area contributed by atoms with E-state index in [0.29, 0.717) is 78.1 Å². The molecule has 2 aromatic carbocycles. The van der Waals surface area contributed by atoms with Gasteiger partial charge in [-0.05, 0) is 48.4 Å². The second kappa shape index (κ2) is 16.0. The quantitative estimate of drug-likeness (QED) is 0.134. The number of aromatic nitrogens is 3. The van der Waals surface area contributed by atoms with Crippen molar-refractivity contribution in [1.82, 2.24) is 36.2 Å². The monoisotopic (exact) mass is 745 g/mol. The van der Waals surface area contributed by atoms with Crippen LogP contribution in [0.1, 0.15) is 60.6 Å². The molecule has 2 fully saturated rings. The number of benzene rings is 2. The molecule has 12 nitrogen and oxygen atoms in total. The maximum absolute atomic E-state index is 11.5. The van der Waals surface area contributed by atoms with Gasteiger partial charge < -0.3 is 35.5 Å².